The van der Waals surface area contributed by atoms with Crippen LogP contribution in [0.4, 0.5) is 4.79 Å². The molecule has 0 aliphatic heterocycles. The van der Waals surface area contributed by atoms with Crippen LogP contribution in [0.3, 0.4) is 0 Å². The van der Waals surface area contributed by atoms with Crippen molar-refractivity contribution in [3.8, 4) is 0 Å². The number of rotatable bonds is 6. The standard InChI is InChI=1S/C10H18N6O3/c1-5(2)7(9(17)18)4-11-10(19)12-6(3)8-13-15-16-14-8/h5-7H,4H2,1-3H3,(H,17,18)(H2,11,12,19)(H,13,14,15,16). The van der Waals surface area contributed by atoms with Gasteiger partial charge in [0.15, 0.2) is 5.82 Å². The van der Waals surface area contributed by atoms with Crippen molar-refractivity contribution < 1.29 is 14.7 Å². The number of nitrogens with one attached hydrogen (secondary N) is 3. The maximum atomic E-state index is 11.6. The number of H-pyrrole nitrogens is 1. The highest BCUT2D eigenvalue weighted by Crippen LogP contribution is 2.09. The van der Waals surface area contributed by atoms with Gasteiger partial charge in [0.25, 0.3) is 0 Å². The number of hydrogen-bond donors (Lipinski definition) is 4. The number of carboxylic acids is 1. The first kappa shape index (κ1) is 14.9. The molecule has 1 rings (SSSR count). The molecule has 0 saturated heterocycles. The first-order valence-corrected chi connectivity index (χ1v) is 5.92. The van der Waals surface area contributed by atoms with Crippen LogP contribution in [0.5, 0.6) is 0 Å². The number of carbonyl (C=O) groups is 2. The molecule has 1 aromatic heterocycles. The average molecular weight is 270 g/mol. The predicted octanol–water partition coefficient (Wildman–Crippen LogP) is -0.0833. The number of carbonyl (C=O) groups excluding carboxylic acids is 1. The summed E-state index contributed by atoms with van der Waals surface area (Å²) in [4.78, 5) is 22.6. The molecule has 0 aromatic carbocycles. The van der Waals surface area contributed by atoms with Crippen LogP contribution in [0, 0.1) is 11.8 Å². The predicted molar refractivity (Wildman–Crippen MR) is 65.1 cm³/mol. The summed E-state index contributed by atoms with van der Waals surface area (Å²) in [6, 6.07) is -0.884. The van der Waals surface area contributed by atoms with E-state index in [1.807, 2.05) is 0 Å². The first-order chi connectivity index (χ1) is 8.91. The number of amides is 2. The van der Waals surface area contributed by atoms with Crippen LogP contribution in [-0.4, -0.2) is 44.3 Å². The Hall–Kier alpha value is -2.19. The van der Waals surface area contributed by atoms with Crippen LogP contribution in [0.2, 0.25) is 0 Å². The van der Waals surface area contributed by atoms with Crippen molar-refractivity contribution in [2.24, 2.45) is 11.8 Å². The average Bonchev–Trinajstić information content (AvgIpc) is 2.81. The molecule has 1 heterocycles. The smallest absolute Gasteiger partial charge is 0.315 e. The van der Waals surface area contributed by atoms with Gasteiger partial charge < -0.3 is 15.7 Å². The summed E-state index contributed by atoms with van der Waals surface area (Å²) in [6.07, 6.45) is 0. The monoisotopic (exact) mass is 270 g/mol. The van der Waals surface area contributed by atoms with Crippen LogP contribution < -0.4 is 10.6 Å². The minimum absolute atomic E-state index is 0.0626. The van der Waals surface area contributed by atoms with E-state index in [-0.39, 0.29) is 12.5 Å². The van der Waals surface area contributed by atoms with Gasteiger partial charge in [0.05, 0.1) is 12.0 Å². The molecule has 2 atom stereocenters. The van der Waals surface area contributed by atoms with Crippen molar-refractivity contribution in [3.05, 3.63) is 5.82 Å². The van der Waals surface area contributed by atoms with Gasteiger partial charge in [-0.2, -0.15) is 5.21 Å². The van der Waals surface area contributed by atoms with Crippen molar-refractivity contribution >= 4 is 12.0 Å². The summed E-state index contributed by atoms with van der Waals surface area (Å²) in [6.45, 7) is 5.35. The number of tetrazole rings is 1. The van der Waals surface area contributed by atoms with E-state index >= 15 is 0 Å². The Balaban J connectivity index is 2.41. The summed E-state index contributed by atoms with van der Waals surface area (Å²) in [5, 5.41) is 27.2. The highest BCUT2D eigenvalue weighted by atomic mass is 16.4. The van der Waals surface area contributed by atoms with Crippen LogP contribution >= 0.6 is 0 Å². The Kier molecular flexibility index (Phi) is 5.22. The second-order valence-corrected chi connectivity index (χ2v) is 4.53. The van der Waals surface area contributed by atoms with E-state index in [1.165, 1.54) is 0 Å². The zero-order valence-electron chi connectivity index (χ0n) is 11.0. The molecule has 9 nitrogen and oxygen atoms in total. The van der Waals surface area contributed by atoms with Crippen molar-refractivity contribution in [2.75, 3.05) is 6.54 Å². The first-order valence-electron chi connectivity index (χ1n) is 5.92. The largest absolute Gasteiger partial charge is 0.481 e. The third-order valence-electron chi connectivity index (χ3n) is 2.70. The number of carboxylic acid groups (broad SMARTS) is 1. The summed E-state index contributed by atoms with van der Waals surface area (Å²) >= 11 is 0. The Morgan fingerprint density at radius 2 is 2.05 bits per heavy atom. The molecular formula is C10H18N6O3. The van der Waals surface area contributed by atoms with Gasteiger partial charge in [-0.3, -0.25) is 4.79 Å². The van der Waals surface area contributed by atoms with Gasteiger partial charge in [0, 0.05) is 6.54 Å². The molecule has 0 radical (unpaired) electrons. The van der Waals surface area contributed by atoms with Gasteiger partial charge in [-0.25, -0.2) is 4.79 Å². The molecular weight excluding hydrogens is 252 g/mol. The van der Waals surface area contributed by atoms with Gasteiger partial charge in [0.1, 0.15) is 0 Å². The Morgan fingerprint density at radius 1 is 1.37 bits per heavy atom. The Labute approximate surface area is 110 Å². The quantitative estimate of drug-likeness (QED) is 0.571. The molecule has 0 fully saturated rings. The van der Waals surface area contributed by atoms with E-state index < -0.39 is 24.0 Å². The minimum Gasteiger partial charge on any atom is -0.481 e. The molecule has 19 heavy (non-hydrogen) atoms. The van der Waals surface area contributed by atoms with Crippen LogP contribution in [-0.2, 0) is 4.79 Å². The lowest BCUT2D eigenvalue weighted by atomic mass is 9.96. The van der Waals surface area contributed by atoms with E-state index in [9.17, 15) is 9.59 Å². The zero-order valence-corrected chi connectivity index (χ0v) is 11.0. The van der Waals surface area contributed by atoms with E-state index in [4.69, 9.17) is 5.11 Å². The molecule has 1 aromatic rings. The summed E-state index contributed by atoms with van der Waals surface area (Å²) in [5.74, 6) is -1.26. The number of nitrogens with zero attached hydrogens (tertiary/aromatic N) is 3. The van der Waals surface area contributed by atoms with E-state index in [1.54, 1.807) is 20.8 Å². The lowest BCUT2D eigenvalue weighted by Crippen LogP contribution is -2.42. The van der Waals surface area contributed by atoms with E-state index in [2.05, 4.69) is 31.3 Å². The molecule has 0 aliphatic carbocycles. The third kappa shape index (κ3) is 4.53. The molecule has 2 unspecified atom stereocenters. The maximum absolute atomic E-state index is 11.6. The minimum atomic E-state index is -0.929. The van der Waals surface area contributed by atoms with Crippen LogP contribution in [0.15, 0.2) is 0 Å². The van der Waals surface area contributed by atoms with Crippen molar-refractivity contribution in [1.29, 1.82) is 0 Å². The molecule has 106 valence electrons. The van der Waals surface area contributed by atoms with Crippen molar-refractivity contribution in [2.45, 2.75) is 26.8 Å². The lowest BCUT2D eigenvalue weighted by molar-refractivity contribution is -0.142. The van der Waals surface area contributed by atoms with E-state index in [0.29, 0.717) is 5.82 Å². The lowest BCUT2D eigenvalue weighted by Gasteiger charge is -2.17. The molecule has 2 amide bonds. The highest BCUT2D eigenvalue weighted by Gasteiger charge is 2.22. The summed E-state index contributed by atoms with van der Waals surface area (Å²) in [5.41, 5.74) is 0. The normalized spacial score (nSPS) is 13.9. The third-order valence-corrected chi connectivity index (χ3v) is 2.70. The van der Waals surface area contributed by atoms with Gasteiger partial charge in [-0.15, -0.1) is 10.2 Å². The topological polar surface area (TPSA) is 133 Å². The zero-order chi connectivity index (χ0) is 14.4. The molecule has 9 heteroatoms. The fraction of sp³-hybridized carbons (Fsp3) is 0.700. The number of hydrogen-bond acceptors (Lipinski definition) is 5. The van der Waals surface area contributed by atoms with Crippen LogP contribution in [0.25, 0.3) is 0 Å². The molecule has 0 bridgehead atoms. The van der Waals surface area contributed by atoms with Crippen LogP contribution in [0.1, 0.15) is 32.6 Å². The fourth-order valence-electron chi connectivity index (χ4n) is 1.48. The fourth-order valence-corrected chi connectivity index (χ4v) is 1.48. The van der Waals surface area contributed by atoms with Crippen molar-refractivity contribution in [3.63, 3.8) is 0 Å². The molecule has 0 aliphatic rings. The number of urea groups is 1. The Morgan fingerprint density at radius 3 is 2.53 bits per heavy atom. The van der Waals surface area contributed by atoms with Gasteiger partial charge in [0.2, 0.25) is 0 Å². The number of aromatic amines is 1. The van der Waals surface area contributed by atoms with Crippen molar-refractivity contribution in [1.82, 2.24) is 31.3 Å². The highest BCUT2D eigenvalue weighted by molar-refractivity contribution is 5.76. The Bertz CT molecular complexity index is 419. The number of aromatic nitrogens is 4. The molecule has 4 N–H and O–H groups in total. The van der Waals surface area contributed by atoms with Gasteiger partial charge >= 0.3 is 12.0 Å². The van der Waals surface area contributed by atoms with Gasteiger partial charge in [-0.05, 0) is 12.8 Å². The summed E-state index contributed by atoms with van der Waals surface area (Å²) in [7, 11) is 0. The maximum Gasteiger partial charge on any atom is 0.315 e. The second-order valence-electron chi connectivity index (χ2n) is 4.53. The van der Waals surface area contributed by atoms with E-state index in [0.717, 1.165) is 0 Å². The second kappa shape index (κ2) is 6.66. The molecule has 0 spiro atoms. The van der Waals surface area contributed by atoms with Gasteiger partial charge in [-0.1, -0.05) is 19.1 Å². The molecule has 0 saturated carbocycles. The SMILES string of the molecule is CC(NC(=O)NCC(C(=O)O)C(C)C)c1nn[nH]n1. The number of aliphatic carboxylic acids is 1. The summed E-state index contributed by atoms with van der Waals surface area (Å²) < 4.78 is 0.